The van der Waals surface area contributed by atoms with E-state index in [1.807, 2.05) is 10.8 Å². The van der Waals surface area contributed by atoms with Gasteiger partial charge in [-0.1, -0.05) is 21.6 Å². The summed E-state index contributed by atoms with van der Waals surface area (Å²) in [4.78, 5) is 13.4. The summed E-state index contributed by atoms with van der Waals surface area (Å²) in [7, 11) is 3.64. The summed E-state index contributed by atoms with van der Waals surface area (Å²) >= 11 is 0. The van der Waals surface area contributed by atoms with Gasteiger partial charge in [0.2, 0.25) is 6.08 Å². The first kappa shape index (κ1) is 7.19. The van der Waals surface area contributed by atoms with Crippen LogP contribution in [0.4, 0.5) is 0 Å². The molecule has 0 bridgehead atoms. The van der Waals surface area contributed by atoms with E-state index in [0.29, 0.717) is 0 Å². The van der Waals surface area contributed by atoms with Crippen molar-refractivity contribution < 1.29 is 4.79 Å². The van der Waals surface area contributed by atoms with Crippen LogP contribution in [0.1, 0.15) is 6.42 Å². The van der Waals surface area contributed by atoms with Gasteiger partial charge in [0.05, 0.1) is 6.04 Å². The van der Waals surface area contributed by atoms with E-state index in [-0.39, 0.29) is 6.04 Å². The van der Waals surface area contributed by atoms with Crippen LogP contribution in [0.15, 0.2) is 4.99 Å². The van der Waals surface area contributed by atoms with E-state index >= 15 is 0 Å². The molecule has 0 saturated carbocycles. The van der Waals surface area contributed by atoms with Crippen molar-refractivity contribution in [3.05, 3.63) is 0 Å². The summed E-state index contributed by atoms with van der Waals surface area (Å²) in [5.41, 5.74) is 0. The SMILES string of the molecule is O=C=N[C@H]1CCSSC1. The average Bonchev–Trinajstić information content (AvgIpc) is 1.91. The minimum Gasteiger partial charge on any atom is -0.211 e. The van der Waals surface area contributed by atoms with Gasteiger partial charge in [0.15, 0.2) is 0 Å². The lowest BCUT2D eigenvalue weighted by atomic mass is 10.3. The number of nitrogens with zero attached hydrogens (tertiary/aromatic N) is 1. The van der Waals surface area contributed by atoms with Gasteiger partial charge in [-0.2, -0.15) is 0 Å². The smallest absolute Gasteiger partial charge is 0.211 e. The van der Waals surface area contributed by atoms with Gasteiger partial charge in [0, 0.05) is 11.5 Å². The summed E-state index contributed by atoms with van der Waals surface area (Å²) in [6.45, 7) is 0. The summed E-state index contributed by atoms with van der Waals surface area (Å²) in [5.74, 6) is 2.08. The van der Waals surface area contributed by atoms with Gasteiger partial charge in [-0.05, 0) is 6.42 Å². The molecule has 1 rings (SSSR count). The Labute approximate surface area is 61.9 Å². The van der Waals surface area contributed by atoms with E-state index in [1.54, 1.807) is 16.9 Å². The molecule has 50 valence electrons. The molecular formula is C5H7NOS2. The molecule has 0 amide bonds. The Morgan fingerprint density at radius 3 is 3.00 bits per heavy atom. The summed E-state index contributed by atoms with van der Waals surface area (Å²) in [6.07, 6.45) is 2.62. The Kier molecular flexibility index (Phi) is 3.18. The summed E-state index contributed by atoms with van der Waals surface area (Å²) in [6, 6.07) is 0.244. The maximum absolute atomic E-state index is 9.77. The van der Waals surface area contributed by atoms with Crippen LogP contribution in [0.2, 0.25) is 0 Å². The van der Waals surface area contributed by atoms with Crippen molar-refractivity contribution >= 4 is 27.7 Å². The largest absolute Gasteiger partial charge is 0.235 e. The molecule has 1 heterocycles. The highest BCUT2D eigenvalue weighted by atomic mass is 33.1. The molecule has 0 aliphatic carbocycles. The molecule has 1 fully saturated rings. The second-order valence-electron chi connectivity index (χ2n) is 1.77. The first-order valence-electron chi connectivity index (χ1n) is 2.75. The molecule has 0 N–H and O–H groups in total. The van der Waals surface area contributed by atoms with Crippen LogP contribution in [0, 0.1) is 0 Å². The van der Waals surface area contributed by atoms with Crippen LogP contribution >= 0.6 is 21.6 Å². The minimum absolute atomic E-state index is 0.244. The highest BCUT2D eigenvalue weighted by Gasteiger charge is 2.11. The van der Waals surface area contributed by atoms with Crippen molar-refractivity contribution in [3.63, 3.8) is 0 Å². The first-order chi connectivity index (χ1) is 4.43. The predicted molar refractivity (Wildman–Crippen MR) is 41.4 cm³/mol. The second kappa shape index (κ2) is 3.99. The van der Waals surface area contributed by atoms with Gasteiger partial charge < -0.3 is 0 Å². The normalized spacial score (nSPS) is 26.9. The second-order valence-corrected chi connectivity index (χ2v) is 4.40. The van der Waals surface area contributed by atoms with Gasteiger partial charge in [0.1, 0.15) is 0 Å². The standard InChI is InChI=1S/C5H7NOS2/c7-4-6-5-1-2-8-9-3-5/h5H,1-3H2/t5-/m0/s1. The number of aliphatic imine (C=N–C) groups is 1. The predicted octanol–water partition coefficient (Wildman–Crippen LogP) is 1.48. The molecule has 9 heavy (non-hydrogen) atoms. The van der Waals surface area contributed by atoms with Gasteiger partial charge in [-0.15, -0.1) is 0 Å². The van der Waals surface area contributed by atoms with Gasteiger partial charge in [0.25, 0.3) is 0 Å². The lowest BCUT2D eigenvalue weighted by molar-refractivity contribution is 0.558. The highest BCUT2D eigenvalue weighted by Crippen LogP contribution is 2.30. The van der Waals surface area contributed by atoms with Crippen LogP contribution in [0.25, 0.3) is 0 Å². The average molecular weight is 161 g/mol. The number of rotatable bonds is 1. The first-order valence-corrected chi connectivity index (χ1v) is 5.23. The van der Waals surface area contributed by atoms with Crippen LogP contribution in [0.3, 0.4) is 0 Å². The molecule has 1 saturated heterocycles. The molecule has 4 heteroatoms. The van der Waals surface area contributed by atoms with Crippen molar-refractivity contribution in [2.75, 3.05) is 11.5 Å². The maximum atomic E-state index is 9.77. The number of hydrogen-bond donors (Lipinski definition) is 0. The molecule has 0 aromatic rings. The molecule has 1 atom stereocenters. The number of carbonyl (C=O) groups excluding carboxylic acids is 1. The van der Waals surface area contributed by atoms with E-state index in [9.17, 15) is 4.79 Å². The Morgan fingerprint density at radius 2 is 2.44 bits per heavy atom. The lowest BCUT2D eigenvalue weighted by Gasteiger charge is -2.13. The van der Waals surface area contributed by atoms with Gasteiger partial charge >= 0.3 is 0 Å². The lowest BCUT2D eigenvalue weighted by Crippen LogP contribution is -2.11. The molecule has 1 aliphatic rings. The third-order valence-electron chi connectivity index (χ3n) is 1.11. The van der Waals surface area contributed by atoms with E-state index in [2.05, 4.69) is 4.99 Å². The number of isocyanates is 1. The molecule has 0 aromatic carbocycles. The Morgan fingerprint density at radius 1 is 1.56 bits per heavy atom. The van der Waals surface area contributed by atoms with Crippen molar-refractivity contribution in [3.8, 4) is 0 Å². The van der Waals surface area contributed by atoms with Crippen LogP contribution in [0.5, 0.6) is 0 Å². The van der Waals surface area contributed by atoms with Crippen molar-refractivity contribution in [1.29, 1.82) is 0 Å². The zero-order valence-electron chi connectivity index (χ0n) is 4.87. The highest BCUT2D eigenvalue weighted by molar-refractivity contribution is 8.76. The Hall–Kier alpha value is 0.0800. The van der Waals surface area contributed by atoms with Gasteiger partial charge in [-0.25, -0.2) is 9.79 Å². The third kappa shape index (κ3) is 2.43. The molecular weight excluding hydrogens is 154 g/mol. The monoisotopic (exact) mass is 161 g/mol. The van der Waals surface area contributed by atoms with Crippen molar-refractivity contribution in [2.24, 2.45) is 4.99 Å². The molecule has 1 aliphatic heterocycles. The van der Waals surface area contributed by atoms with Crippen LogP contribution in [-0.2, 0) is 4.79 Å². The third-order valence-corrected chi connectivity index (χ3v) is 3.61. The quantitative estimate of drug-likeness (QED) is 0.331. The van der Waals surface area contributed by atoms with E-state index in [0.717, 1.165) is 17.9 Å². The van der Waals surface area contributed by atoms with Crippen LogP contribution < -0.4 is 0 Å². The van der Waals surface area contributed by atoms with Crippen molar-refractivity contribution in [1.82, 2.24) is 0 Å². The molecule has 2 nitrogen and oxygen atoms in total. The van der Waals surface area contributed by atoms with E-state index in [4.69, 9.17) is 0 Å². The molecule has 0 aromatic heterocycles. The molecule has 0 unspecified atom stereocenters. The van der Waals surface area contributed by atoms with Crippen molar-refractivity contribution in [2.45, 2.75) is 12.5 Å². The Bertz CT molecular complexity index is 127. The fourth-order valence-electron chi connectivity index (χ4n) is 0.629. The summed E-state index contributed by atoms with van der Waals surface area (Å²) in [5, 5.41) is 0. The fraction of sp³-hybridized carbons (Fsp3) is 0.800. The summed E-state index contributed by atoms with van der Waals surface area (Å²) < 4.78 is 0. The Balaban J connectivity index is 2.31. The number of hydrogen-bond acceptors (Lipinski definition) is 4. The zero-order valence-corrected chi connectivity index (χ0v) is 6.50. The van der Waals surface area contributed by atoms with Crippen LogP contribution in [-0.4, -0.2) is 23.6 Å². The topological polar surface area (TPSA) is 29.4 Å². The minimum atomic E-state index is 0.244. The molecule has 0 spiro atoms. The zero-order chi connectivity index (χ0) is 6.53. The fourth-order valence-corrected chi connectivity index (χ4v) is 3.01. The molecule has 0 radical (unpaired) electrons. The van der Waals surface area contributed by atoms with E-state index in [1.165, 1.54) is 0 Å². The van der Waals surface area contributed by atoms with E-state index < -0.39 is 0 Å². The van der Waals surface area contributed by atoms with Gasteiger partial charge in [-0.3, -0.25) is 0 Å². The maximum Gasteiger partial charge on any atom is 0.235 e.